The summed E-state index contributed by atoms with van der Waals surface area (Å²) in [5.41, 5.74) is 2.00. The topological polar surface area (TPSA) is 65.1 Å². The minimum absolute atomic E-state index is 0.153. The molecule has 1 atom stereocenters. The van der Waals surface area contributed by atoms with E-state index in [2.05, 4.69) is 0 Å². The van der Waals surface area contributed by atoms with Gasteiger partial charge in [-0.1, -0.05) is 12.1 Å². The Morgan fingerprint density at radius 1 is 0.800 bits per heavy atom. The van der Waals surface area contributed by atoms with Gasteiger partial charge < -0.3 is 9.47 Å². The Labute approximate surface area is 275 Å². The molecule has 240 valence electrons. The van der Waals surface area contributed by atoms with Crippen LogP contribution in [0.25, 0.3) is 0 Å². The summed E-state index contributed by atoms with van der Waals surface area (Å²) in [6.07, 6.45) is 12.8. The minimum atomic E-state index is -0.332. The van der Waals surface area contributed by atoms with Gasteiger partial charge in [0.2, 0.25) is 0 Å². The van der Waals surface area contributed by atoms with Crippen molar-refractivity contribution in [1.29, 1.82) is 0 Å². The van der Waals surface area contributed by atoms with E-state index < -0.39 is 0 Å². The fourth-order valence-electron chi connectivity index (χ4n) is 5.85. The van der Waals surface area contributed by atoms with Gasteiger partial charge in [-0.15, -0.1) is 0 Å². The van der Waals surface area contributed by atoms with E-state index in [0.717, 1.165) is 72.2 Å². The summed E-state index contributed by atoms with van der Waals surface area (Å²) in [6, 6.07) is 25.9. The summed E-state index contributed by atoms with van der Waals surface area (Å²) in [5, 5.41) is 0. The average Bonchev–Trinajstić information content (AvgIpc) is 3.06. The molecular weight excluding hydrogens is 629 g/mol. The van der Waals surface area contributed by atoms with Gasteiger partial charge in [-0.05, 0) is 17.7 Å². The van der Waals surface area contributed by atoms with E-state index in [1.54, 1.807) is 20.3 Å². The van der Waals surface area contributed by atoms with Gasteiger partial charge in [0, 0.05) is 0 Å². The average molecular weight is 677 g/mol. The number of hydrogen-bond donors (Lipinski definition) is 0. The van der Waals surface area contributed by atoms with Crippen LogP contribution in [0.4, 0.5) is 4.79 Å². The number of allylic oxidation sites excluding steroid dienone is 2. The molecule has 6 nitrogen and oxygen atoms in total. The maximum atomic E-state index is 13.8. The van der Waals surface area contributed by atoms with Crippen LogP contribution in [-0.4, -0.2) is 57.8 Å². The molecule has 4 rings (SSSR count). The van der Waals surface area contributed by atoms with Crippen molar-refractivity contribution >= 4 is 30.0 Å². The van der Waals surface area contributed by atoms with Crippen LogP contribution in [-0.2, 0) is 22.7 Å². The molecule has 3 aromatic rings. The normalized spacial score (nSPS) is 16.0. The first-order valence-corrected chi connectivity index (χ1v) is 17.7. The van der Waals surface area contributed by atoms with Crippen LogP contribution in [0.5, 0.6) is 11.5 Å². The SMILES string of the molecule is COc1ccc(COCCCCCCCC[C@@]2(CN(Cc3ccc(OC)cc3)C(=O)[Se]c3ccccc3)CC=CC(=O)C2)cc1. The van der Waals surface area contributed by atoms with Crippen molar-refractivity contribution in [2.24, 2.45) is 5.41 Å². The summed E-state index contributed by atoms with van der Waals surface area (Å²) in [5.74, 6) is 1.83. The number of ketones is 1. The van der Waals surface area contributed by atoms with Crippen molar-refractivity contribution < 1.29 is 23.8 Å². The smallest absolute Gasteiger partial charge is 0.0196 e. The van der Waals surface area contributed by atoms with Crippen molar-refractivity contribution in [2.75, 3.05) is 27.4 Å². The van der Waals surface area contributed by atoms with E-state index in [1.165, 1.54) is 12.8 Å². The van der Waals surface area contributed by atoms with E-state index in [9.17, 15) is 9.59 Å². The molecule has 0 saturated carbocycles. The molecule has 0 heterocycles. The predicted octanol–water partition coefficient (Wildman–Crippen LogP) is 7.51. The minimum Gasteiger partial charge on any atom is -0.0530 e. The molecule has 0 N–H and O–H groups in total. The summed E-state index contributed by atoms with van der Waals surface area (Å²) < 4.78 is 17.5. The Bertz CT molecular complexity index is 1340. The van der Waals surface area contributed by atoms with Crippen LogP contribution in [0.3, 0.4) is 0 Å². The quantitative estimate of drug-likeness (QED) is 0.0972. The van der Waals surface area contributed by atoms with E-state index in [4.69, 9.17) is 14.2 Å². The van der Waals surface area contributed by atoms with Gasteiger partial charge in [0.05, 0.1) is 13.7 Å². The van der Waals surface area contributed by atoms with Crippen LogP contribution in [0.2, 0.25) is 0 Å². The first-order chi connectivity index (χ1) is 22.0. The van der Waals surface area contributed by atoms with Crippen molar-refractivity contribution in [3.63, 3.8) is 0 Å². The second-order valence-corrected chi connectivity index (χ2v) is 14.1. The number of nitrogens with zero attached hydrogens (tertiary/aromatic N) is 1. The predicted molar refractivity (Wildman–Crippen MR) is 181 cm³/mol. The number of rotatable bonds is 19. The second-order valence-electron chi connectivity index (χ2n) is 11.9. The molecule has 0 aromatic heterocycles. The summed E-state index contributed by atoms with van der Waals surface area (Å²) >= 11 is -0.332. The standard InChI is InChI=1S/C38H47NO5Se/c1-42-34-20-16-31(17-21-34)28-39(37(41)45-36-14-8-7-9-15-36)30-38(25-12-13-33(40)27-38)24-10-5-3-4-6-11-26-44-29-32-18-22-35(43-2)23-19-32/h7-9,12-23H,3-6,10-11,24-30H2,1-2H3/t38-/m1/s1. The zero-order valence-corrected chi connectivity index (χ0v) is 28.5. The van der Waals surface area contributed by atoms with Gasteiger partial charge in [0.1, 0.15) is 5.75 Å². The van der Waals surface area contributed by atoms with Crippen LogP contribution >= 0.6 is 0 Å². The Morgan fingerprint density at radius 2 is 1.42 bits per heavy atom. The summed E-state index contributed by atoms with van der Waals surface area (Å²) in [7, 11) is 3.33. The molecule has 45 heavy (non-hydrogen) atoms. The van der Waals surface area contributed by atoms with Crippen molar-refractivity contribution in [3.05, 3.63) is 102 Å². The fraction of sp³-hybridized carbons (Fsp3) is 0.421. The molecule has 0 saturated heterocycles. The first kappa shape index (κ1) is 34.5. The molecule has 3 aromatic carbocycles. The third-order valence-electron chi connectivity index (χ3n) is 8.34. The van der Waals surface area contributed by atoms with Crippen molar-refractivity contribution in [3.8, 4) is 11.5 Å². The molecule has 1 amide bonds. The molecule has 1 aliphatic rings. The molecule has 0 aliphatic heterocycles. The van der Waals surface area contributed by atoms with E-state index in [1.807, 2.05) is 89.8 Å². The third-order valence-corrected chi connectivity index (χ3v) is 10.3. The number of carbonyl (C=O) groups is 2. The molecule has 7 heteroatoms. The zero-order chi connectivity index (χ0) is 31.7. The maximum Gasteiger partial charge on any atom is -0.0196 e. The third kappa shape index (κ3) is 11.8. The summed E-state index contributed by atoms with van der Waals surface area (Å²) in [6.45, 7) is 2.52. The van der Waals surface area contributed by atoms with Gasteiger partial charge in [0.25, 0.3) is 0 Å². The molecular formula is C38H47NO5Se. The fourth-order valence-corrected chi connectivity index (χ4v) is 7.43. The first-order valence-electron chi connectivity index (χ1n) is 16.0. The van der Waals surface area contributed by atoms with Gasteiger partial charge in [-0.3, -0.25) is 0 Å². The molecule has 0 unspecified atom stereocenters. The number of amides is 1. The van der Waals surface area contributed by atoms with Gasteiger partial charge >= 0.3 is 217 Å². The van der Waals surface area contributed by atoms with Crippen LogP contribution in [0.15, 0.2) is 91.0 Å². The largest absolute Gasteiger partial charge is 0.0530 e. The number of hydrogen-bond acceptors (Lipinski definition) is 5. The molecule has 0 bridgehead atoms. The van der Waals surface area contributed by atoms with Crippen molar-refractivity contribution in [1.82, 2.24) is 4.90 Å². The molecule has 0 radical (unpaired) electrons. The Balaban J connectivity index is 1.27. The van der Waals surface area contributed by atoms with E-state index in [-0.39, 0.29) is 31.0 Å². The number of unbranched alkanes of at least 4 members (excludes halogenated alkanes) is 5. The van der Waals surface area contributed by atoms with Gasteiger partial charge in [0.15, 0.2) is 0 Å². The van der Waals surface area contributed by atoms with Crippen LogP contribution < -0.4 is 13.9 Å². The summed E-state index contributed by atoms with van der Waals surface area (Å²) in [4.78, 5) is 28.7. The monoisotopic (exact) mass is 677 g/mol. The molecule has 0 spiro atoms. The maximum absolute atomic E-state index is 13.8. The van der Waals surface area contributed by atoms with Gasteiger partial charge in [-0.25, -0.2) is 0 Å². The molecule has 0 fully saturated rings. The zero-order valence-electron chi connectivity index (χ0n) is 26.7. The Hall–Kier alpha value is -3.38. The van der Waals surface area contributed by atoms with Crippen LogP contribution in [0.1, 0.15) is 68.9 Å². The Morgan fingerprint density at radius 3 is 2.07 bits per heavy atom. The van der Waals surface area contributed by atoms with Crippen LogP contribution in [0, 0.1) is 5.41 Å². The number of benzene rings is 3. The number of carbonyl (C=O) groups excluding carboxylic acids is 2. The van der Waals surface area contributed by atoms with Crippen molar-refractivity contribution in [2.45, 2.75) is 70.9 Å². The number of methoxy groups -OCH3 is 2. The Kier molecular flexibility index (Phi) is 14.2. The van der Waals surface area contributed by atoms with E-state index >= 15 is 0 Å². The number of ether oxygens (including phenoxy) is 3. The second kappa shape index (κ2) is 18.6. The van der Waals surface area contributed by atoms with Gasteiger partial charge in [-0.2, -0.15) is 0 Å². The van der Waals surface area contributed by atoms with E-state index in [0.29, 0.717) is 26.1 Å². The molecule has 1 aliphatic carbocycles.